The number of fused-ring (bicyclic) bond motifs is 2. The molecule has 3 rings (SSSR count). The van der Waals surface area contributed by atoms with Crippen molar-refractivity contribution in [3.63, 3.8) is 0 Å². The number of aryl methyl sites for hydroxylation is 3. The number of nitrogens with one attached hydrogen (secondary N) is 1. The van der Waals surface area contributed by atoms with Gasteiger partial charge >= 0.3 is 0 Å². The van der Waals surface area contributed by atoms with E-state index in [-0.39, 0.29) is 5.43 Å². The first kappa shape index (κ1) is 12.0. The van der Waals surface area contributed by atoms with Crippen molar-refractivity contribution in [2.24, 2.45) is 0 Å². The molecule has 0 atom stereocenters. The molecular formula is C15H17N3O. The third kappa shape index (κ3) is 1.67. The molecule has 4 nitrogen and oxygen atoms in total. The summed E-state index contributed by atoms with van der Waals surface area (Å²) in [5.74, 6) is 0.887. The highest BCUT2D eigenvalue weighted by atomic mass is 16.1. The van der Waals surface area contributed by atoms with Crippen LogP contribution in [0.25, 0.3) is 22.1 Å². The topological polar surface area (TPSA) is 50.7 Å². The zero-order valence-corrected chi connectivity index (χ0v) is 11.4. The Morgan fingerprint density at radius 3 is 2.84 bits per heavy atom. The van der Waals surface area contributed by atoms with Crippen LogP contribution >= 0.6 is 0 Å². The Morgan fingerprint density at radius 2 is 2.11 bits per heavy atom. The third-order valence-electron chi connectivity index (χ3n) is 3.58. The molecule has 0 amide bonds. The Kier molecular flexibility index (Phi) is 2.66. The van der Waals surface area contributed by atoms with Crippen molar-refractivity contribution in [2.75, 3.05) is 0 Å². The van der Waals surface area contributed by atoms with E-state index in [0.29, 0.717) is 10.9 Å². The molecule has 0 aliphatic carbocycles. The number of pyridine rings is 1. The zero-order valence-electron chi connectivity index (χ0n) is 11.4. The number of hydrogen-bond acceptors (Lipinski definition) is 2. The molecule has 1 N–H and O–H groups in total. The molecule has 19 heavy (non-hydrogen) atoms. The zero-order chi connectivity index (χ0) is 13.6. The maximum absolute atomic E-state index is 12.5. The Balaban J connectivity index is 2.51. The summed E-state index contributed by atoms with van der Waals surface area (Å²) in [7, 11) is 0. The smallest absolute Gasteiger partial charge is 0.217 e. The predicted molar refractivity (Wildman–Crippen MR) is 77.6 cm³/mol. The Morgan fingerprint density at radius 1 is 1.32 bits per heavy atom. The summed E-state index contributed by atoms with van der Waals surface area (Å²) in [5.41, 5.74) is 3.40. The van der Waals surface area contributed by atoms with Crippen molar-refractivity contribution in [2.45, 2.75) is 33.7 Å². The average Bonchev–Trinajstić information content (AvgIpc) is 2.70. The first-order valence-corrected chi connectivity index (χ1v) is 6.62. The molecule has 0 aliphatic heterocycles. The van der Waals surface area contributed by atoms with E-state index in [1.54, 1.807) is 0 Å². The molecule has 2 heterocycles. The van der Waals surface area contributed by atoms with E-state index in [1.165, 1.54) is 0 Å². The number of nitrogens with zero attached hydrogens (tertiary/aromatic N) is 2. The molecule has 0 saturated heterocycles. The van der Waals surface area contributed by atoms with Gasteiger partial charge in [0.1, 0.15) is 11.5 Å². The Labute approximate surface area is 111 Å². The second-order valence-electron chi connectivity index (χ2n) is 4.96. The molecule has 3 aromatic rings. The fourth-order valence-corrected chi connectivity index (χ4v) is 2.62. The van der Waals surface area contributed by atoms with Crippen molar-refractivity contribution in [3.8, 4) is 0 Å². The van der Waals surface area contributed by atoms with Gasteiger partial charge in [0.2, 0.25) is 5.43 Å². The fraction of sp³-hybridized carbons (Fsp3) is 0.333. The lowest BCUT2D eigenvalue weighted by atomic mass is 10.1. The van der Waals surface area contributed by atoms with E-state index in [4.69, 9.17) is 0 Å². The number of rotatable bonds is 2. The van der Waals surface area contributed by atoms with Crippen LogP contribution in [-0.4, -0.2) is 14.5 Å². The molecule has 4 heteroatoms. The summed E-state index contributed by atoms with van der Waals surface area (Å²) < 4.78 is 2.09. The summed E-state index contributed by atoms with van der Waals surface area (Å²) in [6, 6.07) is 5.78. The van der Waals surface area contributed by atoms with E-state index in [2.05, 4.69) is 21.5 Å². The van der Waals surface area contributed by atoms with Gasteiger partial charge < -0.3 is 9.55 Å². The van der Waals surface area contributed by atoms with Crippen LogP contribution in [0.2, 0.25) is 0 Å². The fourth-order valence-electron chi connectivity index (χ4n) is 2.62. The van der Waals surface area contributed by atoms with Gasteiger partial charge in [0, 0.05) is 11.9 Å². The maximum Gasteiger partial charge on any atom is 0.217 e. The van der Waals surface area contributed by atoms with E-state index >= 15 is 0 Å². The minimum atomic E-state index is 0.0189. The lowest BCUT2D eigenvalue weighted by Gasteiger charge is -2.06. The largest absolute Gasteiger partial charge is 0.339 e. The maximum atomic E-state index is 12.5. The first-order chi connectivity index (χ1) is 9.13. The summed E-state index contributed by atoms with van der Waals surface area (Å²) in [6.07, 6.45) is 1.01. The van der Waals surface area contributed by atoms with E-state index in [9.17, 15) is 4.79 Å². The molecule has 98 valence electrons. The number of imidazole rings is 1. The van der Waals surface area contributed by atoms with Crippen LogP contribution in [-0.2, 0) is 6.54 Å². The molecule has 0 unspecified atom stereocenters. The molecule has 0 fully saturated rings. The van der Waals surface area contributed by atoms with Crippen molar-refractivity contribution in [3.05, 3.63) is 39.8 Å². The first-order valence-electron chi connectivity index (χ1n) is 6.62. The van der Waals surface area contributed by atoms with Crippen LogP contribution in [0.5, 0.6) is 0 Å². The quantitative estimate of drug-likeness (QED) is 0.765. The Bertz CT molecular complexity index is 827. The van der Waals surface area contributed by atoms with Gasteiger partial charge in [0.05, 0.1) is 5.52 Å². The summed E-state index contributed by atoms with van der Waals surface area (Å²) in [6.45, 7) is 6.95. The van der Waals surface area contributed by atoms with E-state index in [1.807, 2.05) is 32.0 Å². The van der Waals surface area contributed by atoms with Gasteiger partial charge in [0.15, 0.2) is 5.52 Å². The lowest BCUT2D eigenvalue weighted by molar-refractivity contribution is 0.671. The van der Waals surface area contributed by atoms with Crippen LogP contribution < -0.4 is 5.43 Å². The summed E-state index contributed by atoms with van der Waals surface area (Å²) in [4.78, 5) is 20.3. The number of aromatic amines is 1. The number of H-pyrrole nitrogens is 1. The monoisotopic (exact) mass is 255 g/mol. The van der Waals surface area contributed by atoms with Gasteiger partial charge in [-0.05, 0) is 31.9 Å². The molecule has 2 aromatic heterocycles. The van der Waals surface area contributed by atoms with E-state index < -0.39 is 0 Å². The molecule has 1 aromatic carbocycles. The highest BCUT2D eigenvalue weighted by Gasteiger charge is 2.13. The normalized spacial score (nSPS) is 11.5. The van der Waals surface area contributed by atoms with Gasteiger partial charge in [-0.25, -0.2) is 4.98 Å². The van der Waals surface area contributed by atoms with Crippen LogP contribution in [0.3, 0.4) is 0 Å². The van der Waals surface area contributed by atoms with Gasteiger partial charge in [-0.3, -0.25) is 4.79 Å². The highest BCUT2D eigenvalue weighted by molar-refractivity contribution is 5.91. The Hall–Kier alpha value is -2.10. The van der Waals surface area contributed by atoms with Crippen molar-refractivity contribution in [1.82, 2.24) is 14.5 Å². The summed E-state index contributed by atoms with van der Waals surface area (Å²) >= 11 is 0. The van der Waals surface area contributed by atoms with E-state index in [0.717, 1.165) is 35.5 Å². The molecule has 0 saturated carbocycles. The second-order valence-corrected chi connectivity index (χ2v) is 4.96. The van der Waals surface area contributed by atoms with Crippen LogP contribution in [0.15, 0.2) is 23.0 Å². The summed E-state index contributed by atoms with van der Waals surface area (Å²) in [5, 5.41) is 0.716. The number of para-hydroxylation sites is 1. The molecule has 0 aliphatic rings. The number of benzene rings is 1. The molecule has 0 bridgehead atoms. The van der Waals surface area contributed by atoms with Gasteiger partial charge in [-0.1, -0.05) is 19.1 Å². The SMILES string of the molecule is CCCn1c(C)nc2c(=O)c3cccc(C)c3[nH]c21. The molecule has 0 radical (unpaired) electrons. The highest BCUT2D eigenvalue weighted by Crippen LogP contribution is 2.18. The van der Waals surface area contributed by atoms with Crippen LogP contribution in [0.1, 0.15) is 24.7 Å². The molecule has 0 spiro atoms. The standard InChI is InChI=1S/C15H17N3O/c1-4-8-18-10(3)16-13-14(19)11-7-5-6-9(2)12(11)17-15(13)18/h5-7H,4,8H2,1-3H3,(H,17,19). The van der Waals surface area contributed by atoms with Gasteiger partial charge in [0.25, 0.3) is 0 Å². The number of aromatic nitrogens is 3. The lowest BCUT2D eigenvalue weighted by Crippen LogP contribution is -2.07. The average molecular weight is 255 g/mol. The predicted octanol–water partition coefficient (Wildman–Crippen LogP) is 2.90. The second kappa shape index (κ2) is 4.23. The third-order valence-corrected chi connectivity index (χ3v) is 3.58. The van der Waals surface area contributed by atoms with Gasteiger partial charge in [-0.15, -0.1) is 0 Å². The van der Waals surface area contributed by atoms with Crippen molar-refractivity contribution >= 4 is 22.1 Å². The van der Waals surface area contributed by atoms with Crippen LogP contribution in [0.4, 0.5) is 0 Å². The molecular weight excluding hydrogens is 238 g/mol. The number of hydrogen-bond donors (Lipinski definition) is 1. The minimum absolute atomic E-state index is 0.0189. The van der Waals surface area contributed by atoms with Crippen LogP contribution in [0, 0.1) is 13.8 Å². The van der Waals surface area contributed by atoms with Crippen molar-refractivity contribution in [1.29, 1.82) is 0 Å². The minimum Gasteiger partial charge on any atom is -0.339 e. The van der Waals surface area contributed by atoms with Crippen molar-refractivity contribution < 1.29 is 0 Å². The van der Waals surface area contributed by atoms with Gasteiger partial charge in [-0.2, -0.15) is 0 Å².